The maximum atomic E-state index is 13.7. The first-order valence-electron chi connectivity index (χ1n) is 10.2. The maximum absolute atomic E-state index is 13.7. The van der Waals surface area contributed by atoms with Gasteiger partial charge in [0.2, 0.25) is 5.91 Å². The molecule has 29 heavy (non-hydrogen) atoms. The van der Waals surface area contributed by atoms with Crippen molar-refractivity contribution in [1.82, 2.24) is 9.97 Å². The summed E-state index contributed by atoms with van der Waals surface area (Å²) in [6.45, 7) is 0.653. The summed E-state index contributed by atoms with van der Waals surface area (Å²) in [5.74, 6) is 1.19. The van der Waals surface area contributed by atoms with Gasteiger partial charge in [0.1, 0.15) is 5.75 Å². The highest BCUT2D eigenvalue weighted by Gasteiger charge is 2.35. The Labute approximate surface area is 174 Å². The number of anilines is 1. The minimum atomic E-state index is -0.0475. The first-order valence-corrected chi connectivity index (χ1v) is 11.1. The molecule has 0 radical (unpaired) electrons. The second-order valence-electron chi connectivity index (χ2n) is 7.61. The Morgan fingerprint density at radius 2 is 2.07 bits per heavy atom. The second-order valence-corrected chi connectivity index (χ2v) is 8.48. The molecule has 0 bridgehead atoms. The zero-order valence-corrected chi connectivity index (χ0v) is 17.0. The molecule has 6 heteroatoms. The van der Waals surface area contributed by atoms with Crippen LogP contribution in [0.5, 0.6) is 5.75 Å². The van der Waals surface area contributed by atoms with E-state index in [2.05, 4.69) is 22.1 Å². The highest BCUT2D eigenvalue weighted by atomic mass is 32.1. The summed E-state index contributed by atoms with van der Waals surface area (Å²) in [5, 5.41) is 2.69. The van der Waals surface area contributed by atoms with Crippen LogP contribution in [0.25, 0.3) is 0 Å². The van der Waals surface area contributed by atoms with Crippen LogP contribution in [0.1, 0.15) is 54.5 Å². The van der Waals surface area contributed by atoms with Crippen molar-refractivity contribution in [3.8, 4) is 5.75 Å². The van der Waals surface area contributed by atoms with Crippen LogP contribution in [-0.4, -0.2) is 22.5 Å². The van der Waals surface area contributed by atoms with E-state index < -0.39 is 0 Å². The number of carbonyl (C=O) groups is 1. The molecule has 2 unspecified atom stereocenters. The quantitative estimate of drug-likeness (QED) is 0.619. The van der Waals surface area contributed by atoms with Crippen molar-refractivity contribution < 1.29 is 9.53 Å². The van der Waals surface area contributed by atoms with Gasteiger partial charge in [-0.1, -0.05) is 24.3 Å². The Bertz CT molecular complexity index is 1000. The lowest BCUT2D eigenvalue weighted by Crippen LogP contribution is -2.38. The molecule has 1 amide bonds. The molecule has 0 spiro atoms. The number of hydrogen-bond donors (Lipinski definition) is 0. The third-order valence-electron chi connectivity index (χ3n) is 5.87. The summed E-state index contributed by atoms with van der Waals surface area (Å²) in [4.78, 5) is 24.7. The number of aromatic nitrogens is 2. The second kappa shape index (κ2) is 7.95. The molecule has 1 aliphatic carbocycles. The van der Waals surface area contributed by atoms with Crippen LogP contribution >= 0.6 is 11.3 Å². The van der Waals surface area contributed by atoms with E-state index in [4.69, 9.17) is 4.74 Å². The molecule has 3 heterocycles. The first-order chi connectivity index (χ1) is 14.3. The maximum Gasteiger partial charge on any atom is 0.230 e. The average Bonchev–Trinajstić information content (AvgIpc) is 3.29. The number of amides is 1. The number of aryl methyl sites for hydroxylation is 1. The van der Waals surface area contributed by atoms with E-state index in [-0.39, 0.29) is 17.9 Å². The molecular weight excluding hydrogens is 382 g/mol. The zero-order chi connectivity index (χ0) is 19.6. The van der Waals surface area contributed by atoms with Crippen LogP contribution in [0.4, 0.5) is 5.13 Å². The molecule has 0 fully saturated rings. The zero-order valence-electron chi connectivity index (χ0n) is 16.2. The molecule has 0 saturated heterocycles. The molecule has 2 aliphatic rings. The van der Waals surface area contributed by atoms with Gasteiger partial charge in [0.15, 0.2) is 5.13 Å². The van der Waals surface area contributed by atoms with E-state index in [1.807, 2.05) is 40.7 Å². The van der Waals surface area contributed by atoms with Gasteiger partial charge in [-0.2, -0.15) is 0 Å². The summed E-state index contributed by atoms with van der Waals surface area (Å²) in [6.07, 6.45) is 7.90. The Balaban J connectivity index is 1.47. The number of hydrogen-bond acceptors (Lipinski definition) is 5. The topological polar surface area (TPSA) is 55.3 Å². The fourth-order valence-electron chi connectivity index (χ4n) is 4.52. The molecule has 2 aromatic heterocycles. The van der Waals surface area contributed by atoms with Gasteiger partial charge in [-0.15, -0.1) is 11.3 Å². The Morgan fingerprint density at radius 1 is 1.14 bits per heavy atom. The van der Waals surface area contributed by atoms with Gasteiger partial charge in [-0.25, -0.2) is 4.98 Å². The van der Waals surface area contributed by atoms with Crippen LogP contribution in [-0.2, 0) is 11.2 Å². The standard InChI is InChI=1S/C23H23N3O2S/c27-21(15-17-10-13-28-20-9-2-1-7-18(17)20)26(23-25-12-14-29-23)19-8-3-5-16-6-4-11-24-22(16)19/h1-2,4,6-7,9,11-12,14,17,19H,3,5,8,10,13,15H2. The van der Waals surface area contributed by atoms with Crippen LogP contribution < -0.4 is 9.64 Å². The smallest absolute Gasteiger partial charge is 0.230 e. The van der Waals surface area contributed by atoms with Crippen molar-refractivity contribution >= 4 is 22.4 Å². The number of thiazole rings is 1. The monoisotopic (exact) mass is 405 g/mol. The van der Waals surface area contributed by atoms with Gasteiger partial charge in [0, 0.05) is 24.2 Å². The molecule has 3 aromatic rings. The van der Waals surface area contributed by atoms with Gasteiger partial charge in [0.25, 0.3) is 0 Å². The molecule has 5 rings (SSSR count). The molecule has 2 atom stereocenters. The van der Waals surface area contributed by atoms with Crippen molar-refractivity contribution in [3.05, 3.63) is 71.0 Å². The average molecular weight is 406 g/mol. The number of carbonyl (C=O) groups excluding carboxylic acids is 1. The van der Waals surface area contributed by atoms with E-state index in [0.717, 1.165) is 47.8 Å². The minimum absolute atomic E-state index is 0.0475. The summed E-state index contributed by atoms with van der Waals surface area (Å²) >= 11 is 1.52. The van der Waals surface area contributed by atoms with Gasteiger partial charge in [-0.05, 0) is 54.9 Å². The lowest BCUT2D eigenvalue weighted by atomic mass is 9.88. The van der Waals surface area contributed by atoms with E-state index in [1.165, 1.54) is 16.9 Å². The van der Waals surface area contributed by atoms with Gasteiger partial charge in [0.05, 0.1) is 18.3 Å². The van der Waals surface area contributed by atoms with Crippen LogP contribution in [0.2, 0.25) is 0 Å². The number of pyridine rings is 1. The van der Waals surface area contributed by atoms with Crippen molar-refractivity contribution in [2.45, 2.75) is 44.1 Å². The van der Waals surface area contributed by atoms with Crippen molar-refractivity contribution in [2.24, 2.45) is 0 Å². The van der Waals surface area contributed by atoms with Crippen LogP contribution in [0.15, 0.2) is 54.2 Å². The van der Waals surface area contributed by atoms with Gasteiger partial charge < -0.3 is 4.74 Å². The molecule has 1 aromatic carbocycles. The van der Waals surface area contributed by atoms with Crippen molar-refractivity contribution in [3.63, 3.8) is 0 Å². The number of ether oxygens (including phenoxy) is 1. The normalized spacial score (nSPS) is 20.3. The number of benzene rings is 1. The SMILES string of the molecule is O=C(CC1CCOc2ccccc21)N(c1nccs1)C1CCCc2cccnc21. The van der Waals surface area contributed by atoms with Crippen molar-refractivity contribution in [1.29, 1.82) is 0 Å². The summed E-state index contributed by atoms with van der Waals surface area (Å²) in [5.41, 5.74) is 3.40. The predicted octanol–water partition coefficient (Wildman–Crippen LogP) is 4.91. The van der Waals surface area contributed by atoms with Gasteiger partial charge >= 0.3 is 0 Å². The highest BCUT2D eigenvalue weighted by Crippen LogP contribution is 2.40. The molecular formula is C23H23N3O2S. The van der Waals surface area contributed by atoms with E-state index in [9.17, 15) is 4.79 Å². The number of rotatable bonds is 4. The molecule has 5 nitrogen and oxygen atoms in total. The summed E-state index contributed by atoms with van der Waals surface area (Å²) < 4.78 is 5.79. The van der Waals surface area contributed by atoms with E-state index in [0.29, 0.717) is 13.0 Å². The number of nitrogens with zero attached hydrogens (tertiary/aromatic N) is 3. The van der Waals surface area contributed by atoms with Gasteiger partial charge in [-0.3, -0.25) is 14.7 Å². The van der Waals surface area contributed by atoms with E-state index >= 15 is 0 Å². The predicted molar refractivity (Wildman–Crippen MR) is 113 cm³/mol. The Kier molecular flexibility index (Phi) is 5.02. The largest absolute Gasteiger partial charge is 0.493 e. The fraction of sp³-hybridized carbons (Fsp3) is 0.348. The number of fused-ring (bicyclic) bond motifs is 2. The van der Waals surface area contributed by atoms with Crippen molar-refractivity contribution in [2.75, 3.05) is 11.5 Å². The van der Waals surface area contributed by atoms with Crippen LogP contribution in [0.3, 0.4) is 0 Å². The molecule has 0 saturated carbocycles. The highest BCUT2D eigenvalue weighted by molar-refractivity contribution is 7.13. The third-order valence-corrected chi connectivity index (χ3v) is 6.65. The Morgan fingerprint density at radius 3 is 2.97 bits per heavy atom. The summed E-state index contributed by atoms with van der Waals surface area (Å²) in [7, 11) is 0. The fourth-order valence-corrected chi connectivity index (χ4v) is 5.23. The Hall–Kier alpha value is -2.73. The minimum Gasteiger partial charge on any atom is -0.493 e. The third kappa shape index (κ3) is 3.53. The molecule has 0 N–H and O–H groups in total. The first kappa shape index (κ1) is 18.3. The number of para-hydroxylation sites is 1. The summed E-state index contributed by atoms with van der Waals surface area (Å²) in [6, 6.07) is 12.1. The lowest BCUT2D eigenvalue weighted by Gasteiger charge is -2.35. The van der Waals surface area contributed by atoms with E-state index in [1.54, 1.807) is 6.20 Å². The molecule has 1 aliphatic heterocycles. The lowest BCUT2D eigenvalue weighted by molar-refractivity contribution is -0.119. The molecule has 148 valence electrons. The van der Waals surface area contributed by atoms with Crippen LogP contribution in [0, 0.1) is 0 Å².